The van der Waals surface area contributed by atoms with Gasteiger partial charge in [-0.15, -0.1) is 11.3 Å². The first-order chi connectivity index (χ1) is 13.8. The van der Waals surface area contributed by atoms with Crippen molar-refractivity contribution in [2.24, 2.45) is 0 Å². The molecule has 0 saturated heterocycles. The molecule has 3 heterocycles. The van der Waals surface area contributed by atoms with Crippen LogP contribution >= 0.6 is 11.3 Å². The lowest BCUT2D eigenvalue weighted by molar-refractivity contribution is -0.142. The fourth-order valence-electron chi connectivity index (χ4n) is 3.00. The Morgan fingerprint density at radius 1 is 1.17 bits per heavy atom. The van der Waals surface area contributed by atoms with Crippen LogP contribution in [0, 0.1) is 0 Å². The number of alkyl halides is 3. The quantitative estimate of drug-likeness (QED) is 0.483. The van der Waals surface area contributed by atoms with Crippen molar-refractivity contribution in [3.63, 3.8) is 0 Å². The predicted molar refractivity (Wildman–Crippen MR) is 104 cm³/mol. The molecule has 0 unspecified atom stereocenters. The molecule has 29 heavy (non-hydrogen) atoms. The van der Waals surface area contributed by atoms with E-state index >= 15 is 0 Å². The van der Waals surface area contributed by atoms with E-state index in [0.29, 0.717) is 15.9 Å². The second-order valence-corrected chi connectivity index (χ2v) is 7.39. The molecule has 1 aromatic carbocycles. The number of carbonyl (C=O) groups is 1. The van der Waals surface area contributed by atoms with Crippen molar-refractivity contribution in [3.8, 4) is 10.6 Å². The first-order valence-corrected chi connectivity index (χ1v) is 9.52. The summed E-state index contributed by atoms with van der Waals surface area (Å²) in [4.78, 5) is 19.3. The third kappa shape index (κ3) is 3.73. The van der Waals surface area contributed by atoms with Gasteiger partial charge in [-0.1, -0.05) is 36.4 Å². The van der Waals surface area contributed by atoms with Gasteiger partial charge in [0, 0.05) is 13.6 Å². The summed E-state index contributed by atoms with van der Waals surface area (Å²) >= 11 is 1.27. The summed E-state index contributed by atoms with van der Waals surface area (Å²) in [5.41, 5.74) is -0.0146. The zero-order chi connectivity index (χ0) is 20.6. The van der Waals surface area contributed by atoms with E-state index in [2.05, 4.69) is 10.1 Å². The predicted octanol–water partition coefficient (Wildman–Crippen LogP) is 4.75. The third-order valence-electron chi connectivity index (χ3n) is 4.38. The number of thiophene rings is 1. The van der Waals surface area contributed by atoms with Gasteiger partial charge in [0.25, 0.3) is 5.91 Å². The van der Waals surface area contributed by atoms with E-state index in [1.165, 1.54) is 16.2 Å². The van der Waals surface area contributed by atoms with Gasteiger partial charge < -0.3 is 4.90 Å². The third-order valence-corrected chi connectivity index (χ3v) is 5.27. The van der Waals surface area contributed by atoms with Gasteiger partial charge >= 0.3 is 6.18 Å². The van der Waals surface area contributed by atoms with Crippen LogP contribution in [0.4, 0.5) is 13.2 Å². The molecule has 0 aliphatic carbocycles. The van der Waals surface area contributed by atoms with Crippen LogP contribution in [0.5, 0.6) is 0 Å². The van der Waals surface area contributed by atoms with Gasteiger partial charge in [-0.2, -0.15) is 18.3 Å². The number of carbonyl (C=O) groups excluding carboxylic acids is 1. The average Bonchev–Trinajstić information content (AvgIpc) is 3.36. The number of fused-ring (bicyclic) bond motifs is 1. The Labute approximate surface area is 168 Å². The number of amides is 1. The zero-order valence-corrected chi connectivity index (χ0v) is 16.0. The largest absolute Gasteiger partial charge is 0.433 e. The van der Waals surface area contributed by atoms with Crippen LogP contribution in [0.1, 0.15) is 21.6 Å². The first kappa shape index (κ1) is 19.1. The van der Waals surface area contributed by atoms with E-state index in [1.807, 2.05) is 30.3 Å². The highest BCUT2D eigenvalue weighted by Crippen LogP contribution is 2.34. The number of nitrogens with zero attached hydrogens (tertiary/aromatic N) is 4. The van der Waals surface area contributed by atoms with Crippen LogP contribution in [0.2, 0.25) is 0 Å². The van der Waals surface area contributed by atoms with E-state index in [9.17, 15) is 18.0 Å². The summed E-state index contributed by atoms with van der Waals surface area (Å²) in [6.07, 6.45) is -3.50. The monoisotopic (exact) mass is 416 g/mol. The van der Waals surface area contributed by atoms with E-state index in [0.717, 1.165) is 17.8 Å². The molecule has 148 valence electrons. The van der Waals surface area contributed by atoms with Crippen molar-refractivity contribution in [1.29, 1.82) is 0 Å². The minimum atomic E-state index is -4.64. The molecule has 9 heteroatoms. The molecule has 4 aromatic rings. The normalized spacial score (nSPS) is 11.7. The lowest BCUT2D eigenvalue weighted by atomic mass is 10.2. The molecular formula is C20H15F3N4OS. The van der Waals surface area contributed by atoms with Crippen LogP contribution in [0.15, 0.2) is 60.1 Å². The van der Waals surface area contributed by atoms with E-state index in [1.54, 1.807) is 24.6 Å². The molecule has 0 N–H and O–H groups in total. The maximum Gasteiger partial charge on any atom is 0.433 e. The maximum absolute atomic E-state index is 13.6. The molecule has 0 spiro atoms. The van der Waals surface area contributed by atoms with Gasteiger partial charge in [0.2, 0.25) is 0 Å². The second kappa shape index (κ2) is 7.32. The second-order valence-electron chi connectivity index (χ2n) is 6.44. The summed E-state index contributed by atoms with van der Waals surface area (Å²) in [6.45, 7) is 0.313. The van der Waals surface area contributed by atoms with Crippen molar-refractivity contribution in [1.82, 2.24) is 19.5 Å². The Balaban J connectivity index is 1.79. The molecule has 0 radical (unpaired) electrons. The van der Waals surface area contributed by atoms with E-state index in [4.69, 9.17) is 0 Å². The first-order valence-electron chi connectivity index (χ1n) is 8.64. The Morgan fingerprint density at radius 2 is 1.93 bits per heavy atom. The highest BCUT2D eigenvalue weighted by atomic mass is 32.1. The number of aromatic nitrogens is 3. The molecule has 0 fully saturated rings. The summed E-state index contributed by atoms with van der Waals surface area (Å²) in [7, 11) is 1.59. The van der Waals surface area contributed by atoms with Crippen molar-refractivity contribution in [3.05, 3.63) is 76.9 Å². The fourth-order valence-corrected chi connectivity index (χ4v) is 3.69. The molecule has 0 aliphatic heterocycles. The molecule has 0 aliphatic rings. The number of hydrogen-bond acceptors (Lipinski definition) is 4. The highest BCUT2D eigenvalue weighted by Gasteiger charge is 2.36. The van der Waals surface area contributed by atoms with E-state index < -0.39 is 17.8 Å². The number of rotatable bonds is 4. The number of hydrogen-bond donors (Lipinski definition) is 0. The van der Waals surface area contributed by atoms with Crippen LogP contribution in [0.3, 0.4) is 0 Å². The molecule has 3 aromatic heterocycles. The van der Waals surface area contributed by atoms with Gasteiger partial charge in [0.1, 0.15) is 5.56 Å². The molecule has 4 rings (SSSR count). The highest BCUT2D eigenvalue weighted by molar-refractivity contribution is 7.13. The minimum Gasteiger partial charge on any atom is -0.337 e. The topological polar surface area (TPSA) is 50.5 Å². The maximum atomic E-state index is 13.6. The Bertz CT molecular complexity index is 1150. The Kier molecular flexibility index (Phi) is 4.83. The average molecular weight is 416 g/mol. The summed E-state index contributed by atoms with van der Waals surface area (Å²) < 4.78 is 41.5. The standard InChI is InChI=1S/C20H15F3N4OS/c1-26(12-13-6-3-2-4-7-13)19(28)14-11-24-27-17(20(21,22)23)10-15(25-18(14)27)16-8-5-9-29-16/h2-11H,12H2,1H3. The fraction of sp³-hybridized carbons (Fsp3) is 0.150. The summed E-state index contributed by atoms with van der Waals surface area (Å²) in [5.74, 6) is -0.451. The number of halogens is 3. The summed E-state index contributed by atoms with van der Waals surface area (Å²) in [6, 6.07) is 13.7. The number of benzene rings is 1. The lowest BCUT2D eigenvalue weighted by Crippen LogP contribution is -2.26. The minimum absolute atomic E-state index is 0.0207. The van der Waals surface area contributed by atoms with Crippen LogP contribution in [0.25, 0.3) is 16.2 Å². The molecule has 0 saturated carbocycles. The molecular weight excluding hydrogens is 401 g/mol. The van der Waals surface area contributed by atoms with Gasteiger partial charge in [0.05, 0.1) is 16.8 Å². The van der Waals surface area contributed by atoms with Gasteiger partial charge in [-0.3, -0.25) is 4.79 Å². The lowest BCUT2D eigenvalue weighted by Gasteiger charge is -2.17. The molecule has 0 bridgehead atoms. The molecule has 5 nitrogen and oxygen atoms in total. The van der Waals surface area contributed by atoms with Gasteiger partial charge in [-0.25, -0.2) is 9.50 Å². The SMILES string of the molecule is CN(Cc1ccccc1)C(=O)c1cnn2c(C(F)(F)F)cc(-c3cccs3)nc12. The Morgan fingerprint density at radius 3 is 2.59 bits per heavy atom. The van der Waals surface area contributed by atoms with Crippen LogP contribution in [-0.2, 0) is 12.7 Å². The van der Waals surface area contributed by atoms with Crippen molar-refractivity contribution >= 4 is 22.9 Å². The van der Waals surface area contributed by atoms with Crippen molar-refractivity contribution in [2.75, 3.05) is 7.05 Å². The molecule has 1 amide bonds. The summed E-state index contributed by atoms with van der Waals surface area (Å²) in [5, 5.41) is 5.56. The molecule has 0 atom stereocenters. The van der Waals surface area contributed by atoms with Gasteiger partial charge in [0.15, 0.2) is 11.3 Å². The van der Waals surface area contributed by atoms with Crippen molar-refractivity contribution < 1.29 is 18.0 Å². The zero-order valence-electron chi connectivity index (χ0n) is 15.2. The Hall–Kier alpha value is -3.20. The van der Waals surface area contributed by atoms with Crippen LogP contribution in [-0.4, -0.2) is 32.5 Å². The van der Waals surface area contributed by atoms with E-state index in [-0.39, 0.29) is 16.9 Å². The van der Waals surface area contributed by atoms with Gasteiger partial charge in [-0.05, 0) is 23.1 Å². The smallest absolute Gasteiger partial charge is 0.337 e. The van der Waals surface area contributed by atoms with Crippen LogP contribution < -0.4 is 0 Å². The van der Waals surface area contributed by atoms with Crippen molar-refractivity contribution in [2.45, 2.75) is 12.7 Å².